The summed E-state index contributed by atoms with van der Waals surface area (Å²) in [6.45, 7) is 2.51. The molecule has 1 aromatic carbocycles. The number of anilines is 1. The molecule has 2 N–H and O–H groups in total. The Hall–Kier alpha value is -1.68. The minimum absolute atomic E-state index is 0.440. The van der Waals surface area contributed by atoms with Gasteiger partial charge in [-0.15, -0.1) is 0 Å². The molecule has 2 aromatic rings. The quantitative estimate of drug-likeness (QED) is 0.865. The van der Waals surface area contributed by atoms with Crippen molar-refractivity contribution in [1.82, 2.24) is 9.78 Å². The Bertz CT molecular complexity index is 551. The number of hydrogen-bond acceptors (Lipinski definition) is 3. The third-order valence-corrected chi connectivity index (χ3v) is 2.97. The van der Waals surface area contributed by atoms with E-state index in [1.54, 1.807) is 18.2 Å². The molecule has 4 nitrogen and oxygen atoms in total. The maximum Gasteiger partial charge on any atom is 0.142 e. The Morgan fingerprint density at radius 3 is 2.78 bits per heavy atom. The van der Waals surface area contributed by atoms with Crippen molar-refractivity contribution in [2.24, 2.45) is 7.05 Å². The summed E-state index contributed by atoms with van der Waals surface area (Å²) in [5.74, 6) is 0.638. The van der Waals surface area contributed by atoms with E-state index in [2.05, 4.69) is 12.0 Å². The van der Waals surface area contributed by atoms with Crippen LogP contribution in [-0.2, 0) is 20.1 Å². The molecule has 0 bridgehead atoms. The molecule has 0 unspecified atom stereocenters. The number of aryl methyl sites for hydroxylation is 2. The number of ether oxygens (including phenoxy) is 1. The van der Waals surface area contributed by atoms with Gasteiger partial charge in [0.1, 0.15) is 12.4 Å². The van der Waals surface area contributed by atoms with Crippen LogP contribution in [0.1, 0.15) is 18.3 Å². The zero-order valence-electron chi connectivity index (χ0n) is 10.5. The van der Waals surface area contributed by atoms with Gasteiger partial charge in [0, 0.05) is 12.1 Å². The van der Waals surface area contributed by atoms with Gasteiger partial charge in [0.25, 0.3) is 0 Å². The third kappa shape index (κ3) is 2.76. The molecule has 0 fully saturated rings. The Kier molecular flexibility index (Phi) is 3.77. The second kappa shape index (κ2) is 5.31. The first-order valence-electron chi connectivity index (χ1n) is 5.79. The maximum atomic E-state index is 5.83. The Morgan fingerprint density at radius 1 is 1.39 bits per heavy atom. The van der Waals surface area contributed by atoms with Gasteiger partial charge in [-0.3, -0.25) is 4.68 Å². The number of nitrogen functional groups attached to an aromatic ring is 1. The van der Waals surface area contributed by atoms with Gasteiger partial charge in [-0.1, -0.05) is 18.5 Å². The molecule has 96 valence electrons. The number of aromatic nitrogens is 2. The Morgan fingerprint density at radius 2 is 2.17 bits per heavy atom. The summed E-state index contributed by atoms with van der Waals surface area (Å²) in [7, 11) is 1.91. The zero-order chi connectivity index (χ0) is 13.1. The lowest BCUT2D eigenvalue weighted by Gasteiger charge is -2.08. The van der Waals surface area contributed by atoms with E-state index in [1.165, 1.54) is 0 Å². The molecule has 0 aliphatic rings. The van der Waals surface area contributed by atoms with E-state index < -0.39 is 0 Å². The molecule has 0 aliphatic heterocycles. The molecule has 0 radical (unpaired) electrons. The van der Waals surface area contributed by atoms with E-state index >= 15 is 0 Å². The van der Waals surface area contributed by atoms with Crippen molar-refractivity contribution in [1.29, 1.82) is 0 Å². The van der Waals surface area contributed by atoms with Gasteiger partial charge in [-0.25, -0.2) is 0 Å². The molecule has 2 rings (SSSR count). The maximum absolute atomic E-state index is 5.83. The smallest absolute Gasteiger partial charge is 0.142 e. The molecule has 0 aliphatic carbocycles. The number of nitrogens with zero attached hydrogens (tertiary/aromatic N) is 2. The lowest BCUT2D eigenvalue weighted by atomic mass is 10.3. The molecule has 0 saturated carbocycles. The van der Waals surface area contributed by atoms with E-state index in [1.807, 2.05) is 17.8 Å². The normalized spacial score (nSPS) is 10.6. The molecule has 0 atom stereocenters. The van der Waals surface area contributed by atoms with Crippen LogP contribution in [0.5, 0.6) is 5.75 Å². The van der Waals surface area contributed by atoms with Gasteiger partial charge in [-0.2, -0.15) is 5.10 Å². The van der Waals surface area contributed by atoms with E-state index in [4.69, 9.17) is 22.1 Å². The van der Waals surface area contributed by atoms with Crippen molar-refractivity contribution in [2.75, 3.05) is 5.73 Å². The minimum Gasteiger partial charge on any atom is -0.485 e. The fourth-order valence-corrected chi connectivity index (χ4v) is 1.86. The number of halogens is 1. The van der Waals surface area contributed by atoms with Crippen LogP contribution in [0.3, 0.4) is 0 Å². The largest absolute Gasteiger partial charge is 0.485 e. The highest BCUT2D eigenvalue weighted by molar-refractivity contribution is 6.30. The van der Waals surface area contributed by atoms with Crippen LogP contribution in [-0.4, -0.2) is 9.78 Å². The summed E-state index contributed by atoms with van der Waals surface area (Å²) < 4.78 is 7.50. The highest BCUT2D eigenvalue weighted by Crippen LogP contribution is 2.25. The summed E-state index contributed by atoms with van der Waals surface area (Å²) >= 11 is 5.83. The first-order chi connectivity index (χ1) is 8.60. The number of rotatable bonds is 4. The van der Waals surface area contributed by atoms with Crippen LogP contribution in [0.25, 0.3) is 0 Å². The summed E-state index contributed by atoms with van der Waals surface area (Å²) in [5.41, 5.74) is 8.44. The van der Waals surface area contributed by atoms with Crippen LogP contribution < -0.4 is 10.5 Å². The van der Waals surface area contributed by atoms with Gasteiger partial charge in [-0.05, 0) is 30.7 Å². The standard InChI is InChI=1S/C13H16ClN3O/c1-3-10-7-11(17(2)16-10)8-18-13-5-4-9(14)6-12(13)15/h4-7H,3,8,15H2,1-2H3. The molecule has 5 heteroatoms. The van der Waals surface area contributed by atoms with Gasteiger partial charge in [0.2, 0.25) is 0 Å². The SMILES string of the molecule is CCc1cc(COc2ccc(Cl)cc2N)n(C)n1. The molecule has 0 saturated heterocycles. The number of hydrogen-bond donors (Lipinski definition) is 1. The molecule has 0 amide bonds. The number of benzene rings is 1. The predicted molar refractivity (Wildman–Crippen MR) is 72.8 cm³/mol. The summed E-state index contributed by atoms with van der Waals surface area (Å²) in [5, 5.41) is 4.97. The van der Waals surface area contributed by atoms with Gasteiger partial charge in [0.05, 0.1) is 17.1 Å². The van der Waals surface area contributed by atoms with Crippen molar-refractivity contribution >= 4 is 17.3 Å². The highest BCUT2D eigenvalue weighted by Gasteiger charge is 2.06. The second-order valence-corrected chi connectivity index (χ2v) is 4.51. The van der Waals surface area contributed by atoms with E-state index in [0.29, 0.717) is 23.1 Å². The highest BCUT2D eigenvalue weighted by atomic mass is 35.5. The second-order valence-electron chi connectivity index (χ2n) is 4.07. The van der Waals surface area contributed by atoms with Crippen LogP contribution in [0.15, 0.2) is 24.3 Å². The molecule has 1 aromatic heterocycles. The molecular weight excluding hydrogens is 250 g/mol. The predicted octanol–water partition coefficient (Wildman–Crippen LogP) is 2.80. The Labute approximate surface area is 111 Å². The van der Waals surface area contributed by atoms with E-state index in [0.717, 1.165) is 17.8 Å². The monoisotopic (exact) mass is 265 g/mol. The number of nitrogens with two attached hydrogens (primary N) is 1. The first kappa shape index (κ1) is 12.8. The van der Waals surface area contributed by atoms with Crippen molar-refractivity contribution in [2.45, 2.75) is 20.0 Å². The fourth-order valence-electron chi connectivity index (χ4n) is 1.68. The van der Waals surface area contributed by atoms with Gasteiger partial charge in [0.15, 0.2) is 0 Å². The summed E-state index contributed by atoms with van der Waals surface area (Å²) in [6, 6.07) is 7.24. The van der Waals surface area contributed by atoms with Crippen LogP contribution in [0.4, 0.5) is 5.69 Å². The average molecular weight is 266 g/mol. The summed E-state index contributed by atoms with van der Waals surface area (Å²) in [6.07, 6.45) is 0.914. The average Bonchev–Trinajstić information content (AvgIpc) is 2.69. The first-order valence-corrected chi connectivity index (χ1v) is 6.17. The molecule has 1 heterocycles. The van der Waals surface area contributed by atoms with Crippen molar-refractivity contribution in [3.63, 3.8) is 0 Å². The fraction of sp³-hybridized carbons (Fsp3) is 0.308. The third-order valence-electron chi connectivity index (χ3n) is 2.74. The van der Waals surface area contributed by atoms with Crippen LogP contribution in [0, 0.1) is 0 Å². The molecule has 0 spiro atoms. The lowest BCUT2D eigenvalue weighted by molar-refractivity contribution is 0.296. The van der Waals surface area contributed by atoms with Crippen molar-refractivity contribution < 1.29 is 4.74 Å². The zero-order valence-corrected chi connectivity index (χ0v) is 11.2. The van der Waals surface area contributed by atoms with Gasteiger partial charge < -0.3 is 10.5 Å². The minimum atomic E-state index is 0.440. The summed E-state index contributed by atoms with van der Waals surface area (Å²) in [4.78, 5) is 0. The Balaban J connectivity index is 2.08. The van der Waals surface area contributed by atoms with Crippen molar-refractivity contribution in [3.05, 3.63) is 40.7 Å². The topological polar surface area (TPSA) is 53.1 Å². The lowest BCUT2D eigenvalue weighted by Crippen LogP contribution is -2.04. The van der Waals surface area contributed by atoms with Crippen molar-refractivity contribution in [3.8, 4) is 5.75 Å². The molecule has 18 heavy (non-hydrogen) atoms. The molecular formula is C13H16ClN3O. The van der Waals surface area contributed by atoms with Crippen LogP contribution in [0.2, 0.25) is 5.02 Å². The van der Waals surface area contributed by atoms with E-state index in [-0.39, 0.29) is 0 Å². The van der Waals surface area contributed by atoms with Crippen LogP contribution >= 0.6 is 11.6 Å². The van der Waals surface area contributed by atoms with Gasteiger partial charge >= 0.3 is 0 Å². The van der Waals surface area contributed by atoms with E-state index in [9.17, 15) is 0 Å².